The lowest BCUT2D eigenvalue weighted by Gasteiger charge is -2.37. The third-order valence-electron chi connectivity index (χ3n) is 6.03. The third-order valence-corrected chi connectivity index (χ3v) is 6.03. The van der Waals surface area contributed by atoms with Crippen LogP contribution in [0.3, 0.4) is 0 Å². The summed E-state index contributed by atoms with van der Waals surface area (Å²) in [6.45, 7) is 7.12. The fourth-order valence-electron chi connectivity index (χ4n) is 4.30. The molecule has 5 nitrogen and oxygen atoms in total. The first-order valence-electron chi connectivity index (χ1n) is 10.4. The number of hydrogen-bond acceptors (Lipinski definition) is 3. The van der Waals surface area contributed by atoms with Crippen molar-refractivity contribution in [1.82, 2.24) is 16.0 Å². The van der Waals surface area contributed by atoms with Gasteiger partial charge in [-0.3, -0.25) is 9.59 Å². The Morgan fingerprint density at radius 2 is 1.84 bits per heavy atom. The SMILES string of the molecule is CCCCNC(=O)C1(NC(=O)CC(C)C2CCNCC2)CCCCC1. The Balaban J connectivity index is 1.91. The third kappa shape index (κ3) is 5.98. The predicted molar refractivity (Wildman–Crippen MR) is 101 cm³/mol. The van der Waals surface area contributed by atoms with E-state index in [1.165, 1.54) is 0 Å². The Morgan fingerprint density at radius 3 is 2.48 bits per heavy atom. The van der Waals surface area contributed by atoms with Gasteiger partial charge in [0.25, 0.3) is 0 Å². The molecule has 0 spiro atoms. The number of carbonyl (C=O) groups excluding carboxylic acids is 2. The number of rotatable bonds is 8. The van der Waals surface area contributed by atoms with E-state index >= 15 is 0 Å². The lowest BCUT2D eigenvalue weighted by atomic mass is 9.79. The van der Waals surface area contributed by atoms with Gasteiger partial charge in [0.15, 0.2) is 0 Å². The summed E-state index contributed by atoms with van der Waals surface area (Å²) >= 11 is 0. The number of amides is 2. The highest BCUT2D eigenvalue weighted by atomic mass is 16.2. The summed E-state index contributed by atoms with van der Waals surface area (Å²) in [5.74, 6) is 1.08. The van der Waals surface area contributed by atoms with E-state index in [0.717, 1.165) is 70.9 Å². The number of unbranched alkanes of at least 4 members (excludes halogenated alkanes) is 1. The van der Waals surface area contributed by atoms with Gasteiger partial charge in [0.1, 0.15) is 5.54 Å². The highest BCUT2D eigenvalue weighted by molar-refractivity contribution is 5.91. The maximum absolute atomic E-state index is 12.8. The van der Waals surface area contributed by atoms with Crippen molar-refractivity contribution in [3.05, 3.63) is 0 Å². The summed E-state index contributed by atoms with van der Waals surface area (Å²) in [5.41, 5.74) is -0.670. The molecule has 2 aliphatic rings. The van der Waals surface area contributed by atoms with Crippen LogP contribution in [0.15, 0.2) is 0 Å². The lowest BCUT2D eigenvalue weighted by molar-refractivity contribution is -0.135. The van der Waals surface area contributed by atoms with Crippen molar-refractivity contribution in [3.8, 4) is 0 Å². The summed E-state index contributed by atoms with van der Waals surface area (Å²) in [6, 6.07) is 0. The zero-order valence-corrected chi connectivity index (χ0v) is 16.2. The molecule has 0 bridgehead atoms. The second-order valence-corrected chi connectivity index (χ2v) is 8.07. The maximum Gasteiger partial charge on any atom is 0.245 e. The largest absolute Gasteiger partial charge is 0.354 e. The fourth-order valence-corrected chi connectivity index (χ4v) is 4.30. The van der Waals surface area contributed by atoms with Crippen LogP contribution >= 0.6 is 0 Å². The average molecular weight is 352 g/mol. The molecule has 1 aliphatic carbocycles. The van der Waals surface area contributed by atoms with Crippen molar-refractivity contribution in [1.29, 1.82) is 0 Å². The molecule has 0 radical (unpaired) electrons. The molecule has 1 saturated carbocycles. The summed E-state index contributed by atoms with van der Waals surface area (Å²) in [5, 5.41) is 9.60. The fraction of sp³-hybridized carbons (Fsp3) is 0.900. The molecule has 0 aromatic carbocycles. The first-order valence-corrected chi connectivity index (χ1v) is 10.4. The van der Waals surface area contributed by atoms with Crippen molar-refractivity contribution in [2.24, 2.45) is 11.8 Å². The van der Waals surface area contributed by atoms with E-state index < -0.39 is 5.54 Å². The molecule has 0 aromatic rings. The standard InChI is InChI=1S/C20H37N3O2/c1-3-4-12-22-19(25)20(10-6-5-7-11-20)23-18(24)15-16(2)17-8-13-21-14-9-17/h16-17,21H,3-15H2,1-2H3,(H,22,25)(H,23,24). The van der Waals surface area contributed by atoms with Crippen LogP contribution in [0.1, 0.15) is 78.1 Å². The molecule has 1 unspecified atom stereocenters. The van der Waals surface area contributed by atoms with Gasteiger partial charge >= 0.3 is 0 Å². The Bertz CT molecular complexity index is 427. The normalized spacial score (nSPS) is 22.2. The number of carbonyl (C=O) groups is 2. The second-order valence-electron chi connectivity index (χ2n) is 8.07. The van der Waals surface area contributed by atoms with Crippen LogP contribution in [0, 0.1) is 11.8 Å². The van der Waals surface area contributed by atoms with Gasteiger partial charge in [-0.05, 0) is 57.0 Å². The molecule has 1 heterocycles. The Hall–Kier alpha value is -1.10. The van der Waals surface area contributed by atoms with Crippen LogP contribution in [0.25, 0.3) is 0 Å². The molecule has 5 heteroatoms. The van der Waals surface area contributed by atoms with E-state index in [-0.39, 0.29) is 11.8 Å². The van der Waals surface area contributed by atoms with Gasteiger partial charge in [-0.2, -0.15) is 0 Å². The molecular formula is C20H37N3O2. The van der Waals surface area contributed by atoms with Crippen molar-refractivity contribution in [3.63, 3.8) is 0 Å². The van der Waals surface area contributed by atoms with E-state index in [1.54, 1.807) is 0 Å². The first kappa shape index (κ1) is 20.2. The van der Waals surface area contributed by atoms with E-state index in [1.807, 2.05) is 0 Å². The molecule has 0 aromatic heterocycles. The summed E-state index contributed by atoms with van der Waals surface area (Å²) in [4.78, 5) is 25.5. The minimum atomic E-state index is -0.670. The minimum absolute atomic E-state index is 0.0310. The lowest BCUT2D eigenvalue weighted by Crippen LogP contribution is -2.60. The van der Waals surface area contributed by atoms with Crippen molar-refractivity contribution in [2.45, 2.75) is 83.6 Å². The molecule has 2 fully saturated rings. The Labute approximate surface area is 153 Å². The zero-order valence-electron chi connectivity index (χ0n) is 16.2. The van der Waals surface area contributed by atoms with E-state index in [9.17, 15) is 9.59 Å². The summed E-state index contributed by atoms with van der Waals surface area (Å²) in [6.07, 6.45) is 9.64. The van der Waals surface area contributed by atoms with Gasteiger partial charge in [-0.25, -0.2) is 0 Å². The number of nitrogens with one attached hydrogen (secondary N) is 3. The number of hydrogen-bond donors (Lipinski definition) is 3. The van der Waals surface area contributed by atoms with Crippen LogP contribution < -0.4 is 16.0 Å². The van der Waals surface area contributed by atoms with Gasteiger partial charge in [-0.1, -0.05) is 39.5 Å². The number of piperidine rings is 1. The monoisotopic (exact) mass is 351 g/mol. The molecule has 1 atom stereocenters. The summed E-state index contributed by atoms with van der Waals surface area (Å²) in [7, 11) is 0. The Morgan fingerprint density at radius 1 is 1.16 bits per heavy atom. The van der Waals surface area contributed by atoms with Gasteiger partial charge < -0.3 is 16.0 Å². The molecule has 1 aliphatic heterocycles. The average Bonchev–Trinajstić information content (AvgIpc) is 2.63. The highest BCUT2D eigenvalue weighted by Gasteiger charge is 2.40. The van der Waals surface area contributed by atoms with Crippen molar-refractivity contribution in [2.75, 3.05) is 19.6 Å². The van der Waals surface area contributed by atoms with Crippen LogP contribution in [0.4, 0.5) is 0 Å². The molecule has 3 N–H and O–H groups in total. The summed E-state index contributed by atoms with van der Waals surface area (Å²) < 4.78 is 0. The van der Waals surface area contributed by atoms with Crippen molar-refractivity contribution >= 4 is 11.8 Å². The van der Waals surface area contributed by atoms with Crippen molar-refractivity contribution < 1.29 is 9.59 Å². The first-order chi connectivity index (χ1) is 12.1. The molecule has 2 amide bonds. The quantitative estimate of drug-likeness (QED) is 0.589. The van der Waals surface area contributed by atoms with Gasteiger partial charge in [0, 0.05) is 13.0 Å². The molecule has 25 heavy (non-hydrogen) atoms. The maximum atomic E-state index is 12.8. The predicted octanol–water partition coefficient (Wildman–Crippen LogP) is 2.75. The highest BCUT2D eigenvalue weighted by Crippen LogP contribution is 2.30. The second kappa shape index (κ2) is 10.1. The van der Waals surface area contributed by atoms with E-state index in [4.69, 9.17) is 0 Å². The van der Waals surface area contributed by atoms with Gasteiger partial charge in [-0.15, -0.1) is 0 Å². The van der Waals surface area contributed by atoms with Crippen LogP contribution in [-0.2, 0) is 9.59 Å². The smallest absolute Gasteiger partial charge is 0.245 e. The van der Waals surface area contributed by atoms with Gasteiger partial charge in [0.05, 0.1) is 0 Å². The Kier molecular flexibility index (Phi) is 8.20. The van der Waals surface area contributed by atoms with Crippen LogP contribution in [0.5, 0.6) is 0 Å². The van der Waals surface area contributed by atoms with E-state index in [2.05, 4.69) is 29.8 Å². The molecule has 1 saturated heterocycles. The van der Waals surface area contributed by atoms with Crippen LogP contribution in [0.2, 0.25) is 0 Å². The molecule has 2 rings (SSSR count). The van der Waals surface area contributed by atoms with Gasteiger partial charge in [0.2, 0.25) is 11.8 Å². The minimum Gasteiger partial charge on any atom is -0.354 e. The zero-order chi connectivity index (χ0) is 18.1. The molecule has 144 valence electrons. The van der Waals surface area contributed by atoms with E-state index in [0.29, 0.717) is 24.8 Å². The van der Waals surface area contributed by atoms with Crippen LogP contribution in [-0.4, -0.2) is 37.0 Å². The molecular weight excluding hydrogens is 314 g/mol. The topological polar surface area (TPSA) is 70.2 Å².